The lowest BCUT2D eigenvalue weighted by Gasteiger charge is -2.15. The summed E-state index contributed by atoms with van der Waals surface area (Å²) in [5.41, 5.74) is 8.64. The van der Waals surface area contributed by atoms with Crippen molar-refractivity contribution in [1.29, 1.82) is 0 Å². The summed E-state index contributed by atoms with van der Waals surface area (Å²) in [4.78, 5) is 15.6. The van der Waals surface area contributed by atoms with Gasteiger partial charge in [-0.15, -0.1) is 0 Å². The van der Waals surface area contributed by atoms with Gasteiger partial charge in [0, 0.05) is 32.8 Å². The van der Waals surface area contributed by atoms with Crippen molar-refractivity contribution in [1.82, 2.24) is 15.0 Å². The highest BCUT2D eigenvalue weighted by Crippen LogP contribution is 2.42. The zero-order valence-electron chi connectivity index (χ0n) is 25.9. The highest BCUT2D eigenvalue weighted by Gasteiger charge is 2.26. The third kappa shape index (κ3) is 4.21. The fraction of sp³-hybridized carbons (Fsp3) is 0.0465. The monoisotopic (exact) mass is 617 g/mol. The highest BCUT2D eigenvalue weighted by molar-refractivity contribution is 6.13. The number of benzene rings is 6. The van der Waals surface area contributed by atoms with E-state index in [4.69, 9.17) is 23.8 Å². The van der Waals surface area contributed by atoms with Crippen LogP contribution in [-0.4, -0.2) is 15.0 Å². The van der Waals surface area contributed by atoms with Crippen LogP contribution in [0.4, 0.5) is 0 Å². The zero-order chi connectivity index (χ0) is 31.6. The number of fused-ring (bicyclic) bond motifs is 7. The smallest absolute Gasteiger partial charge is 0.167 e. The Morgan fingerprint density at radius 1 is 0.479 bits per heavy atom. The molecule has 0 bridgehead atoms. The van der Waals surface area contributed by atoms with Gasteiger partial charge in [0.2, 0.25) is 0 Å². The molecule has 5 heteroatoms. The maximum Gasteiger partial charge on any atom is 0.167 e. The van der Waals surface area contributed by atoms with E-state index < -0.39 is 0 Å². The van der Waals surface area contributed by atoms with E-state index in [0.29, 0.717) is 17.5 Å². The average molecular weight is 618 g/mol. The van der Waals surface area contributed by atoms with Gasteiger partial charge < -0.3 is 8.83 Å². The lowest BCUT2D eigenvalue weighted by atomic mass is 9.94. The standard InChI is InChI=1S/C43H27N3O2/c1-2-12-27-25-28(24-23-26(27)11-1)41-44-42(46-43(45-41)35-19-9-18-32-30-14-5-7-20-36(30)48-40(32)35)33-15-4-3-13-29(33)31-17-10-22-38-39(31)34-16-6-8-21-37(34)47-38/h1-8,10-17,19-25H,9,18H2. The first-order chi connectivity index (χ1) is 23.8. The molecular weight excluding hydrogens is 590 g/mol. The molecule has 0 radical (unpaired) electrons. The molecule has 0 fully saturated rings. The van der Waals surface area contributed by atoms with Crippen molar-refractivity contribution in [2.75, 3.05) is 0 Å². The number of nitrogens with zero attached hydrogens (tertiary/aromatic N) is 3. The third-order valence-corrected chi connectivity index (χ3v) is 9.43. The molecule has 6 aromatic carbocycles. The van der Waals surface area contributed by atoms with Crippen molar-refractivity contribution in [3.05, 3.63) is 157 Å². The van der Waals surface area contributed by atoms with Crippen LogP contribution in [0.2, 0.25) is 0 Å². The lowest BCUT2D eigenvalue weighted by molar-refractivity contribution is 0.590. The normalized spacial score (nSPS) is 13.0. The number of para-hydroxylation sites is 2. The van der Waals surface area contributed by atoms with Crippen molar-refractivity contribution in [3.63, 3.8) is 0 Å². The first-order valence-corrected chi connectivity index (χ1v) is 16.3. The molecule has 3 aromatic heterocycles. The molecule has 0 aliphatic heterocycles. The van der Waals surface area contributed by atoms with Crippen molar-refractivity contribution in [2.24, 2.45) is 0 Å². The second-order valence-electron chi connectivity index (χ2n) is 12.3. The number of allylic oxidation sites excluding steroid dienone is 1. The first kappa shape index (κ1) is 26.8. The fourth-order valence-corrected chi connectivity index (χ4v) is 7.20. The summed E-state index contributed by atoms with van der Waals surface area (Å²) in [5, 5.41) is 5.60. The average Bonchev–Trinajstić information content (AvgIpc) is 3.73. The van der Waals surface area contributed by atoms with Gasteiger partial charge in [-0.1, -0.05) is 115 Å². The number of furan rings is 2. The van der Waals surface area contributed by atoms with Gasteiger partial charge in [0.05, 0.1) is 5.57 Å². The van der Waals surface area contributed by atoms with Crippen LogP contribution in [0, 0.1) is 0 Å². The Morgan fingerprint density at radius 3 is 2.04 bits per heavy atom. The van der Waals surface area contributed by atoms with Gasteiger partial charge in [-0.05, 0) is 59.0 Å². The summed E-state index contributed by atoms with van der Waals surface area (Å²) in [7, 11) is 0. The zero-order valence-corrected chi connectivity index (χ0v) is 25.9. The van der Waals surface area contributed by atoms with E-state index >= 15 is 0 Å². The quantitative estimate of drug-likeness (QED) is 0.197. The molecular formula is C43H27N3O2. The molecule has 10 rings (SSSR count). The molecule has 1 aliphatic carbocycles. The summed E-state index contributed by atoms with van der Waals surface area (Å²) < 4.78 is 12.8. The Kier molecular flexibility index (Phi) is 5.93. The number of hydrogen-bond donors (Lipinski definition) is 0. The van der Waals surface area contributed by atoms with Crippen LogP contribution in [-0.2, 0) is 6.42 Å². The Balaban J connectivity index is 1.22. The largest absolute Gasteiger partial charge is 0.456 e. The van der Waals surface area contributed by atoms with Gasteiger partial charge in [-0.25, -0.2) is 15.0 Å². The van der Waals surface area contributed by atoms with E-state index in [2.05, 4.69) is 97.1 Å². The number of hydrogen-bond acceptors (Lipinski definition) is 5. The second-order valence-corrected chi connectivity index (χ2v) is 12.3. The van der Waals surface area contributed by atoms with E-state index in [1.54, 1.807) is 0 Å². The van der Waals surface area contributed by atoms with Gasteiger partial charge in [0.25, 0.3) is 0 Å². The topological polar surface area (TPSA) is 65.0 Å². The minimum atomic E-state index is 0.602. The Bertz CT molecular complexity index is 2750. The molecule has 0 unspecified atom stereocenters. The Labute approximate surface area is 275 Å². The molecule has 0 saturated heterocycles. The van der Waals surface area contributed by atoms with Crippen LogP contribution >= 0.6 is 0 Å². The lowest BCUT2D eigenvalue weighted by Crippen LogP contribution is -2.07. The molecule has 0 N–H and O–H groups in total. The minimum absolute atomic E-state index is 0.602. The summed E-state index contributed by atoms with van der Waals surface area (Å²) in [5.74, 6) is 2.66. The molecule has 0 spiro atoms. The molecule has 0 saturated carbocycles. The number of rotatable bonds is 4. The van der Waals surface area contributed by atoms with Gasteiger partial charge >= 0.3 is 0 Å². The van der Waals surface area contributed by atoms with E-state index in [1.807, 2.05) is 42.5 Å². The van der Waals surface area contributed by atoms with Gasteiger partial charge in [-0.3, -0.25) is 0 Å². The van der Waals surface area contributed by atoms with E-state index in [1.165, 1.54) is 10.9 Å². The second kappa shape index (κ2) is 10.6. The maximum atomic E-state index is 6.50. The SMILES string of the molecule is C1=C(c2nc(-c3ccc4ccccc4c3)nc(-c3ccccc3-c3cccc4oc5ccccc5c34)n2)c2oc3ccccc3c2CC1. The van der Waals surface area contributed by atoms with Crippen molar-refractivity contribution >= 4 is 49.3 Å². The first-order valence-electron chi connectivity index (χ1n) is 16.3. The molecule has 0 atom stereocenters. The third-order valence-electron chi connectivity index (χ3n) is 9.43. The highest BCUT2D eigenvalue weighted by atomic mass is 16.3. The summed E-state index contributed by atoms with van der Waals surface area (Å²) in [6.45, 7) is 0. The summed E-state index contributed by atoms with van der Waals surface area (Å²) in [6, 6.07) is 45.8. The predicted molar refractivity (Wildman–Crippen MR) is 193 cm³/mol. The Hall–Kier alpha value is -6.33. The van der Waals surface area contributed by atoms with Crippen LogP contribution in [0.3, 0.4) is 0 Å². The van der Waals surface area contributed by atoms with Crippen LogP contribution in [0.1, 0.15) is 23.6 Å². The summed E-state index contributed by atoms with van der Waals surface area (Å²) >= 11 is 0. The fourth-order valence-electron chi connectivity index (χ4n) is 7.20. The molecule has 9 aromatic rings. The van der Waals surface area contributed by atoms with Crippen molar-refractivity contribution < 1.29 is 8.83 Å². The molecule has 0 amide bonds. The maximum absolute atomic E-state index is 6.50. The molecule has 3 heterocycles. The van der Waals surface area contributed by atoms with E-state index in [-0.39, 0.29) is 0 Å². The van der Waals surface area contributed by atoms with Crippen molar-refractivity contribution in [3.8, 4) is 33.9 Å². The van der Waals surface area contributed by atoms with Crippen LogP contribution in [0.25, 0.3) is 83.2 Å². The van der Waals surface area contributed by atoms with E-state index in [0.717, 1.165) is 84.7 Å². The van der Waals surface area contributed by atoms with Gasteiger partial charge in [0.1, 0.15) is 22.5 Å². The molecule has 48 heavy (non-hydrogen) atoms. The molecule has 1 aliphatic rings. The van der Waals surface area contributed by atoms with Gasteiger partial charge in [-0.2, -0.15) is 0 Å². The van der Waals surface area contributed by atoms with Gasteiger partial charge in [0.15, 0.2) is 17.5 Å². The number of aryl methyl sites for hydroxylation is 1. The van der Waals surface area contributed by atoms with Crippen LogP contribution < -0.4 is 0 Å². The Morgan fingerprint density at radius 2 is 1.15 bits per heavy atom. The molecule has 226 valence electrons. The van der Waals surface area contributed by atoms with Crippen LogP contribution in [0.15, 0.2) is 148 Å². The minimum Gasteiger partial charge on any atom is -0.456 e. The molecule has 5 nitrogen and oxygen atoms in total. The van der Waals surface area contributed by atoms with E-state index in [9.17, 15) is 0 Å². The predicted octanol–water partition coefficient (Wildman–Crippen LogP) is 11.0. The summed E-state index contributed by atoms with van der Waals surface area (Å²) in [6.07, 6.45) is 4.00. The van der Waals surface area contributed by atoms with Crippen LogP contribution in [0.5, 0.6) is 0 Å². The number of aromatic nitrogens is 3. The van der Waals surface area contributed by atoms with Crippen molar-refractivity contribution in [2.45, 2.75) is 12.8 Å².